The SMILES string of the molecule is Cc1ccccc1OCC(O)CNCC1(C)CCCS1. The molecular formula is C16H25NO2S. The summed E-state index contributed by atoms with van der Waals surface area (Å²) in [6.07, 6.45) is 2.10. The molecule has 0 amide bonds. The number of nitrogens with one attached hydrogen (secondary N) is 1. The Balaban J connectivity index is 1.65. The Bertz CT molecular complexity index is 419. The van der Waals surface area contributed by atoms with E-state index in [2.05, 4.69) is 12.2 Å². The van der Waals surface area contributed by atoms with Crippen LogP contribution in [0.25, 0.3) is 0 Å². The van der Waals surface area contributed by atoms with Crippen molar-refractivity contribution >= 4 is 11.8 Å². The molecule has 20 heavy (non-hydrogen) atoms. The third-order valence-electron chi connectivity index (χ3n) is 3.70. The summed E-state index contributed by atoms with van der Waals surface area (Å²) < 4.78 is 5.99. The average Bonchev–Trinajstić information content (AvgIpc) is 2.85. The zero-order chi connectivity index (χ0) is 14.4. The van der Waals surface area contributed by atoms with Crippen molar-refractivity contribution in [3.63, 3.8) is 0 Å². The molecule has 4 heteroatoms. The fourth-order valence-corrected chi connectivity index (χ4v) is 3.72. The topological polar surface area (TPSA) is 41.5 Å². The molecule has 1 aromatic carbocycles. The normalized spacial score (nSPS) is 23.8. The van der Waals surface area contributed by atoms with E-state index in [1.165, 1.54) is 18.6 Å². The summed E-state index contributed by atoms with van der Waals surface area (Å²) in [6, 6.07) is 7.88. The van der Waals surface area contributed by atoms with Crippen LogP contribution in [0, 0.1) is 6.92 Å². The summed E-state index contributed by atoms with van der Waals surface area (Å²) in [5.41, 5.74) is 1.10. The van der Waals surface area contributed by atoms with Crippen LogP contribution in [0.4, 0.5) is 0 Å². The molecule has 1 saturated heterocycles. The zero-order valence-corrected chi connectivity index (χ0v) is 13.2. The molecule has 0 aromatic heterocycles. The predicted molar refractivity (Wildman–Crippen MR) is 85.6 cm³/mol. The fourth-order valence-electron chi connectivity index (χ4n) is 2.44. The van der Waals surface area contributed by atoms with Gasteiger partial charge >= 0.3 is 0 Å². The van der Waals surface area contributed by atoms with E-state index in [4.69, 9.17) is 4.74 Å². The Hall–Kier alpha value is -0.710. The van der Waals surface area contributed by atoms with Crippen LogP contribution in [0.15, 0.2) is 24.3 Å². The minimum absolute atomic E-state index is 0.335. The van der Waals surface area contributed by atoms with Crippen molar-refractivity contribution in [1.29, 1.82) is 0 Å². The minimum atomic E-state index is -0.468. The van der Waals surface area contributed by atoms with Crippen LogP contribution in [-0.2, 0) is 0 Å². The van der Waals surface area contributed by atoms with E-state index in [1.54, 1.807) is 0 Å². The minimum Gasteiger partial charge on any atom is -0.491 e. The average molecular weight is 295 g/mol. The van der Waals surface area contributed by atoms with E-state index in [9.17, 15) is 5.11 Å². The maximum absolute atomic E-state index is 9.96. The van der Waals surface area contributed by atoms with Gasteiger partial charge < -0.3 is 15.2 Å². The summed E-state index contributed by atoms with van der Waals surface area (Å²) in [5, 5.41) is 13.3. The molecule has 1 aromatic rings. The molecule has 112 valence electrons. The molecule has 2 atom stereocenters. The van der Waals surface area contributed by atoms with Gasteiger partial charge in [-0.3, -0.25) is 0 Å². The fraction of sp³-hybridized carbons (Fsp3) is 0.625. The number of hydrogen-bond donors (Lipinski definition) is 2. The smallest absolute Gasteiger partial charge is 0.122 e. The van der Waals surface area contributed by atoms with Crippen molar-refractivity contribution in [3.05, 3.63) is 29.8 Å². The second kappa shape index (κ2) is 7.34. The molecule has 2 rings (SSSR count). The standard InChI is InChI=1S/C16H25NO2S/c1-13-6-3-4-7-15(13)19-11-14(18)10-17-12-16(2)8-5-9-20-16/h3-4,6-7,14,17-18H,5,8-12H2,1-2H3. The quantitative estimate of drug-likeness (QED) is 0.811. The highest BCUT2D eigenvalue weighted by Gasteiger charge is 2.28. The zero-order valence-electron chi connectivity index (χ0n) is 12.4. The molecule has 2 N–H and O–H groups in total. The number of hydrogen-bond acceptors (Lipinski definition) is 4. The first kappa shape index (κ1) is 15.7. The van der Waals surface area contributed by atoms with Gasteiger partial charge in [-0.25, -0.2) is 0 Å². The molecule has 0 saturated carbocycles. The van der Waals surface area contributed by atoms with Crippen molar-refractivity contribution in [2.45, 2.75) is 37.5 Å². The highest BCUT2D eigenvalue weighted by Crippen LogP contribution is 2.36. The second-order valence-corrected chi connectivity index (χ2v) is 7.45. The molecule has 0 spiro atoms. The Labute approximate surface area is 126 Å². The van der Waals surface area contributed by atoms with Gasteiger partial charge in [0.05, 0.1) is 0 Å². The largest absolute Gasteiger partial charge is 0.491 e. The molecule has 2 unspecified atom stereocenters. The molecule has 0 aliphatic carbocycles. The lowest BCUT2D eigenvalue weighted by molar-refractivity contribution is 0.105. The molecule has 0 radical (unpaired) electrons. The summed E-state index contributed by atoms with van der Waals surface area (Å²) in [6.45, 7) is 6.19. The van der Waals surface area contributed by atoms with Crippen LogP contribution in [0.5, 0.6) is 5.75 Å². The van der Waals surface area contributed by atoms with Gasteiger partial charge in [-0.1, -0.05) is 18.2 Å². The predicted octanol–water partition coefficient (Wildman–Crippen LogP) is 2.61. The lowest BCUT2D eigenvalue weighted by Gasteiger charge is -2.24. The first-order chi connectivity index (χ1) is 9.59. The van der Waals surface area contributed by atoms with Gasteiger partial charge in [0.25, 0.3) is 0 Å². The van der Waals surface area contributed by atoms with E-state index in [0.717, 1.165) is 17.9 Å². The second-order valence-electron chi connectivity index (χ2n) is 5.76. The number of ether oxygens (including phenoxy) is 1. The van der Waals surface area contributed by atoms with Crippen molar-refractivity contribution in [1.82, 2.24) is 5.32 Å². The summed E-state index contributed by atoms with van der Waals surface area (Å²) >= 11 is 2.03. The number of aliphatic hydroxyl groups is 1. The number of aryl methyl sites for hydroxylation is 1. The van der Waals surface area contributed by atoms with Crippen molar-refractivity contribution < 1.29 is 9.84 Å². The number of rotatable bonds is 7. The van der Waals surface area contributed by atoms with Crippen LogP contribution < -0.4 is 10.1 Å². The maximum Gasteiger partial charge on any atom is 0.122 e. The summed E-state index contributed by atoms with van der Waals surface area (Å²) in [5.74, 6) is 2.11. The summed E-state index contributed by atoms with van der Waals surface area (Å²) in [4.78, 5) is 0. The molecular weight excluding hydrogens is 270 g/mol. The first-order valence-corrected chi connectivity index (χ1v) is 8.29. The van der Waals surface area contributed by atoms with Crippen LogP contribution in [0.1, 0.15) is 25.3 Å². The van der Waals surface area contributed by atoms with E-state index < -0.39 is 6.10 Å². The molecule has 3 nitrogen and oxygen atoms in total. The van der Waals surface area contributed by atoms with E-state index in [-0.39, 0.29) is 0 Å². The third kappa shape index (κ3) is 4.69. The van der Waals surface area contributed by atoms with Crippen LogP contribution in [0.3, 0.4) is 0 Å². The van der Waals surface area contributed by atoms with Crippen LogP contribution in [0.2, 0.25) is 0 Å². The lowest BCUT2D eigenvalue weighted by atomic mass is 10.1. The van der Waals surface area contributed by atoms with Gasteiger partial charge in [0.1, 0.15) is 18.5 Å². The number of para-hydroxylation sites is 1. The van der Waals surface area contributed by atoms with E-state index in [1.807, 2.05) is 43.0 Å². The Morgan fingerprint density at radius 1 is 1.45 bits per heavy atom. The molecule has 1 fully saturated rings. The van der Waals surface area contributed by atoms with Crippen molar-refractivity contribution in [2.24, 2.45) is 0 Å². The monoisotopic (exact) mass is 295 g/mol. The van der Waals surface area contributed by atoms with E-state index >= 15 is 0 Å². The van der Waals surface area contributed by atoms with Gasteiger partial charge in [-0.05, 0) is 44.1 Å². The molecule has 1 aliphatic heterocycles. The van der Waals surface area contributed by atoms with Crippen molar-refractivity contribution in [3.8, 4) is 5.75 Å². The number of thioether (sulfide) groups is 1. The molecule has 0 bridgehead atoms. The van der Waals surface area contributed by atoms with Crippen LogP contribution >= 0.6 is 11.8 Å². The third-order valence-corrected chi connectivity index (χ3v) is 5.24. The van der Waals surface area contributed by atoms with Crippen molar-refractivity contribution in [2.75, 3.05) is 25.4 Å². The first-order valence-electron chi connectivity index (χ1n) is 7.30. The molecule has 1 aliphatic rings. The van der Waals surface area contributed by atoms with Gasteiger partial charge in [0.2, 0.25) is 0 Å². The number of aliphatic hydroxyl groups excluding tert-OH is 1. The van der Waals surface area contributed by atoms with Gasteiger partial charge in [-0.2, -0.15) is 11.8 Å². The molecule has 1 heterocycles. The van der Waals surface area contributed by atoms with Gasteiger partial charge in [0.15, 0.2) is 0 Å². The lowest BCUT2D eigenvalue weighted by Crippen LogP contribution is -2.39. The Morgan fingerprint density at radius 2 is 2.25 bits per heavy atom. The highest BCUT2D eigenvalue weighted by molar-refractivity contribution is 8.00. The highest BCUT2D eigenvalue weighted by atomic mass is 32.2. The summed E-state index contributed by atoms with van der Waals surface area (Å²) in [7, 11) is 0. The van der Waals surface area contributed by atoms with Gasteiger partial charge in [0, 0.05) is 17.8 Å². The Morgan fingerprint density at radius 3 is 2.95 bits per heavy atom. The Kier molecular flexibility index (Phi) is 5.75. The van der Waals surface area contributed by atoms with E-state index in [0.29, 0.717) is 17.9 Å². The number of benzene rings is 1. The van der Waals surface area contributed by atoms with Crippen LogP contribution in [-0.4, -0.2) is 41.4 Å². The maximum atomic E-state index is 9.96. The van der Waals surface area contributed by atoms with Gasteiger partial charge in [-0.15, -0.1) is 0 Å².